The van der Waals surface area contributed by atoms with Crippen molar-refractivity contribution in [1.82, 2.24) is 5.32 Å². The zero-order valence-electron chi connectivity index (χ0n) is 17.5. The van der Waals surface area contributed by atoms with Gasteiger partial charge in [0.05, 0.1) is 18.3 Å². The number of unbranched alkanes of at least 4 members (excludes halogenated alkanes) is 1. The van der Waals surface area contributed by atoms with Gasteiger partial charge in [-0.15, -0.1) is 11.6 Å². The van der Waals surface area contributed by atoms with Crippen molar-refractivity contribution < 1.29 is 14.3 Å². The van der Waals surface area contributed by atoms with Crippen molar-refractivity contribution in [2.24, 2.45) is 0 Å². The molecule has 0 saturated heterocycles. The summed E-state index contributed by atoms with van der Waals surface area (Å²) in [5, 5.41) is 3.49. The Morgan fingerprint density at radius 3 is 2.59 bits per heavy atom. The third kappa shape index (κ3) is 8.08. The Kier molecular flexibility index (Phi) is 10.6. The Labute approximate surface area is 179 Å². The van der Waals surface area contributed by atoms with Gasteiger partial charge in [0.2, 0.25) is 0 Å². The molecule has 0 fully saturated rings. The van der Waals surface area contributed by atoms with Crippen LogP contribution in [0.3, 0.4) is 0 Å². The van der Waals surface area contributed by atoms with Gasteiger partial charge in [-0.2, -0.15) is 0 Å². The summed E-state index contributed by atoms with van der Waals surface area (Å²) in [6.45, 7) is 6.17. The standard InChI is InChI=1S/C24H32ClNO3/c1-3-21(12-8-9-15-26-18-19-10-6-5-7-11-19)29-22-13-14-23(20(16-22)17-25)24(27)28-4-2/h5-7,10-11,13-14,16,21,26H,3-4,8-9,12,15,17-18H2,1-2H3. The molecule has 2 aromatic carbocycles. The maximum Gasteiger partial charge on any atom is 0.338 e. The first kappa shape index (κ1) is 23.2. The zero-order chi connectivity index (χ0) is 20.9. The third-order valence-electron chi connectivity index (χ3n) is 4.78. The molecule has 0 bridgehead atoms. The molecule has 0 amide bonds. The topological polar surface area (TPSA) is 47.6 Å². The van der Waals surface area contributed by atoms with Crippen LogP contribution in [0.25, 0.3) is 0 Å². The molecule has 0 spiro atoms. The summed E-state index contributed by atoms with van der Waals surface area (Å²) in [4.78, 5) is 12.0. The summed E-state index contributed by atoms with van der Waals surface area (Å²) in [5.74, 6) is 0.655. The maximum atomic E-state index is 12.0. The van der Waals surface area contributed by atoms with Gasteiger partial charge in [-0.3, -0.25) is 0 Å². The highest BCUT2D eigenvalue weighted by atomic mass is 35.5. The number of esters is 1. The molecule has 1 atom stereocenters. The number of hydrogen-bond donors (Lipinski definition) is 1. The predicted molar refractivity (Wildman–Crippen MR) is 119 cm³/mol. The fourth-order valence-corrected chi connectivity index (χ4v) is 3.37. The lowest BCUT2D eigenvalue weighted by Crippen LogP contribution is -2.18. The van der Waals surface area contributed by atoms with E-state index in [1.54, 1.807) is 13.0 Å². The number of alkyl halides is 1. The van der Waals surface area contributed by atoms with E-state index in [0.717, 1.165) is 50.1 Å². The second-order valence-electron chi connectivity index (χ2n) is 6.98. The van der Waals surface area contributed by atoms with Crippen molar-refractivity contribution >= 4 is 17.6 Å². The van der Waals surface area contributed by atoms with Gasteiger partial charge < -0.3 is 14.8 Å². The van der Waals surface area contributed by atoms with Gasteiger partial charge in [0, 0.05) is 12.4 Å². The van der Waals surface area contributed by atoms with Crippen molar-refractivity contribution in [3.63, 3.8) is 0 Å². The van der Waals surface area contributed by atoms with Gasteiger partial charge in [-0.1, -0.05) is 37.3 Å². The number of halogens is 1. The van der Waals surface area contributed by atoms with Crippen LogP contribution in [0.15, 0.2) is 48.5 Å². The molecular weight excluding hydrogens is 386 g/mol. The maximum absolute atomic E-state index is 12.0. The lowest BCUT2D eigenvalue weighted by molar-refractivity contribution is 0.0525. The highest BCUT2D eigenvalue weighted by Gasteiger charge is 2.15. The van der Waals surface area contributed by atoms with E-state index in [1.807, 2.05) is 18.2 Å². The molecule has 29 heavy (non-hydrogen) atoms. The Balaban J connectivity index is 1.76. The second-order valence-corrected chi connectivity index (χ2v) is 7.25. The minimum absolute atomic E-state index is 0.153. The molecule has 2 aromatic rings. The lowest BCUT2D eigenvalue weighted by atomic mass is 10.1. The first-order chi connectivity index (χ1) is 14.2. The van der Waals surface area contributed by atoms with Gasteiger partial charge in [-0.05, 0) is 68.5 Å². The number of carbonyl (C=O) groups is 1. The van der Waals surface area contributed by atoms with E-state index in [9.17, 15) is 4.79 Å². The Hall–Kier alpha value is -2.04. The zero-order valence-corrected chi connectivity index (χ0v) is 18.2. The van der Waals surface area contributed by atoms with Crippen LogP contribution in [0.2, 0.25) is 0 Å². The summed E-state index contributed by atoms with van der Waals surface area (Å²) >= 11 is 6.02. The van der Waals surface area contributed by atoms with Crippen molar-refractivity contribution in [2.75, 3.05) is 13.2 Å². The van der Waals surface area contributed by atoms with Crippen LogP contribution in [0.5, 0.6) is 5.75 Å². The average molecular weight is 418 g/mol. The van der Waals surface area contributed by atoms with E-state index >= 15 is 0 Å². The monoisotopic (exact) mass is 417 g/mol. The molecule has 0 aliphatic rings. The summed E-state index contributed by atoms with van der Waals surface area (Å²) in [7, 11) is 0. The molecule has 0 heterocycles. The Morgan fingerprint density at radius 2 is 1.90 bits per heavy atom. The number of benzene rings is 2. The number of rotatable bonds is 13. The van der Waals surface area contributed by atoms with Crippen molar-refractivity contribution in [3.8, 4) is 5.75 Å². The predicted octanol–water partition coefficient (Wildman–Crippen LogP) is 5.72. The van der Waals surface area contributed by atoms with Crippen LogP contribution in [0.1, 0.15) is 61.0 Å². The number of carbonyl (C=O) groups excluding carboxylic acids is 1. The largest absolute Gasteiger partial charge is 0.490 e. The molecular formula is C24H32ClNO3. The van der Waals surface area contributed by atoms with E-state index in [1.165, 1.54) is 5.56 Å². The van der Waals surface area contributed by atoms with Crippen LogP contribution in [-0.2, 0) is 17.2 Å². The summed E-state index contributed by atoms with van der Waals surface area (Å²) in [5.41, 5.74) is 2.55. The highest BCUT2D eigenvalue weighted by Crippen LogP contribution is 2.23. The fraction of sp³-hybridized carbons (Fsp3) is 0.458. The molecule has 5 heteroatoms. The molecule has 0 aromatic heterocycles. The van der Waals surface area contributed by atoms with Crippen molar-refractivity contribution in [2.45, 2.75) is 58.1 Å². The summed E-state index contributed by atoms with van der Waals surface area (Å²) in [6.07, 6.45) is 4.30. The van der Waals surface area contributed by atoms with Crippen LogP contribution in [0.4, 0.5) is 0 Å². The van der Waals surface area contributed by atoms with Crippen LogP contribution in [-0.4, -0.2) is 25.2 Å². The van der Waals surface area contributed by atoms with Crippen LogP contribution >= 0.6 is 11.6 Å². The SMILES string of the molecule is CCOC(=O)c1ccc(OC(CC)CCCCNCc2ccccc2)cc1CCl. The normalized spacial score (nSPS) is 11.8. The first-order valence-corrected chi connectivity index (χ1v) is 11.0. The minimum atomic E-state index is -0.343. The molecule has 4 nitrogen and oxygen atoms in total. The van der Waals surface area contributed by atoms with E-state index in [0.29, 0.717) is 12.2 Å². The van der Waals surface area contributed by atoms with Crippen molar-refractivity contribution in [1.29, 1.82) is 0 Å². The van der Waals surface area contributed by atoms with Crippen LogP contribution in [0, 0.1) is 0 Å². The number of nitrogens with one attached hydrogen (secondary N) is 1. The molecule has 0 aliphatic carbocycles. The number of ether oxygens (including phenoxy) is 2. The molecule has 0 saturated carbocycles. The van der Waals surface area contributed by atoms with E-state index in [4.69, 9.17) is 21.1 Å². The fourth-order valence-electron chi connectivity index (χ4n) is 3.15. The molecule has 0 radical (unpaired) electrons. The summed E-state index contributed by atoms with van der Waals surface area (Å²) in [6, 6.07) is 15.9. The quantitative estimate of drug-likeness (QED) is 0.257. The van der Waals surface area contributed by atoms with Gasteiger partial charge in [-0.25, -0.2) is 4.79 Å². The van der Waals surface area contributed by atoms with E-state index < -0.39 is 0 Å². The lowest BCUT2D eigenvalue weighted by Gasteiger charge is -2.19. The van der Waals surface area contributed by atoms with Crippen molar-refractivity contribution in [3.05, 3.63) is 65.2 Å². The highest BCUT2D eigenvalue weighted by molar-refractivity contribution is 6.17. The summed E-state index contributed by atoms with van der Waals surface area (Å²) < 4.78 is 11.2. The molecule has 2 rings (SSSR count). The average Bonchev–Trinajstić information content (AvgIpc) is 2.75. The molecule has 1 N–H and O–H groups in total. The van der Waals surface area contributed by atoms with Crippen LogP contribution < -0.4 is 10.1 Å². The first-order valence-electron chi connectivity index (χ1n) is 10.4. The third-order valence-corrected chi connectivity index (χ3v) is 5.06. The van der Waals surface area contributed by atoms with E-state index in [2.05, 4.69) is 36.5 Å². The molecule has 0 aliphatic heterocycles. The Bertz CT molecular complexity index is 736. The number of hydrogen-bond acceptors (Lipinski definition) is 4. The minimum Gasteiger partial charge on any atom is -0.490 e. The molecule has 1 unspecified atom stereocenters. The van der Waals surface area contributed by atoms with Gasteiger partial charge in [0.1, 0.15) is 5.75 Å². The van der Waals surface area contributed by atoms with E-state index in [-0.39, 0.29) is 18.0 Å². The smallest absolute Gasteiger partial charge is 0.338 e. The molecule has 158 valence electrons. The second kappa shape index (κ2) is 13.2. The van der Waals surface area contributed by atoms with Gasteiger partial charge >= 0.3 is 5.97 Å². The van der Waals surface area contributed by atoms with Gasteiger partial charge in [0.25, 0.3) is 0 Å². The van der Waals surface area contributed by atoms with Gasteiger partial charge in [0.15, 0.2) is 0 Å². The Morgan fingerprint density at radius 1 is 1.10 bits per heavy atom.